The van der Waals surface area contributed by atoms with Gasteiger partial charge in [-0.15, -0.1) is 0 Å². The lowest BCUT2D eigenvalue weighted by molar-refractivity contribution is 0.0240. The molecule has 2 aliphatic rings. The van der Waals surface area contributed by atoms with Crippen molar-refractivity contribution in [3.8, 4) is 0 Å². The van der Waals surface area contributed by atoms with Crippen LogP contribution in [0.15, 0.2) is 0 Å². The molecule has 0 radical (unpaired) electrons. The average molecular weight is 355 g/mol. The molecule has 1 unspecified atom stereocenters. The number of aromatic nitrogens is 2. The number of carbonyl (C=O) groups excluding carboxylic acids is 1. The van der Waals surface area contributed by atoms with Crippen LogP contribution in [-0.2, 0) is 22.6 Å². The van der Waals surface area contributed by atoms with Gasteiger partial charge in [0.25, 0.3) is 0 Å². The zero-order chi connectivity index (χ0) is 17.5. The van der Waals surface area contributed by atoms with Gasteiger partial charge in [0.15, 0.2) is 0 Å². The van der Waals surface area contributed by atoms with Crippen LogP contribution in [0, 0.1) is 0 Å². The Labute approximate surface area is 146 Å². The average Bonchev–Trinajstić information content (AvgIpc) is 2.89. The van der Waals surface area contributed by atoms with Gasteiger partial charge in [-0.05, 0) is 39.3 Å². The monoisotopic (exact) mass is 354 g/mol. The molecule has 24 heavy (non-hydrogen) atoms. The van der Waals surface area contributed by atoms with Crippen molar-refractivity contribution < 1.29 is 14.3 Å². The first-order valence-corrected chi connectivity index (χ1v) is 8.50. The summed E-state index contributed by atoms with van der Waals surface area (Å²) in [4.78, 5) is 24.9. The van der Waals surface area contributed by atoms with E-state index in [2.05, 4.69) is 21.8 Å². The molecule has 1 saturated heterocycles. The van der Waals surface area contributed by atoms with Crippen molar-refractivity contribution in [3.05, 3.63) is 16.5 Å². The van der Waals surface area contributed by atoms with Gasteiger partial charge in [-0.2, -0.15) is 0 Å². The van der Waals surface area contributed by atoms with Gasteiger partial charge in [0, 0.05) is 12.1 Å². The predicted octanol–water partition coefficient (Wildman–Crippen LogP) is 2.61. The van der Waals surface area contributed by atoms with Gasteiger partial charge in [-0.25, -0.2) is 14.8 Å². The number of anilines is 1. The van der Waals surface area contributed by atoms with Crippen molar-refractivity contribution in [2.24, 2.45) is 0 Å². The molecule has 1 amide bonds. The largest absolute Gasteiger partial charge is 0.444 e. The first-order chi connectivity index (χ1) is 11.2. The van der Waals surface area contributed by atoms with E-state index in [4.69, 9.17) is 21.1 Å². The van der Waals surface area contributed by atoms with Gasteiger partial charge in [0.2, 0.25) is 5.28 Å². The molecule has 1 aromatic rings. The quantitative estimate of drug-likeness (QED) is 0.722. The normalized spacial score (nSPS) is 21.0. The third kappa shape index (κ3) is 3.57. The molecule has 7 nitrogen and oxygen atoms in total. The summed E-state index contributed by atoms with van der Waals surface area (Å²) in [6, 6.07) is 0.199. The highest BCUT2D eigenvalue weighted by Gasteiger charge is 2.34. The maximum Gasteiger partial charge on any atom is 0.410 e. The number of ether oxygens (including phenoxy) is 2. The van der Waals surface area contributed by atoms with Crippen molar-refractivity contribution in [3.63, 3.8) is 0 Å². The summed E-state index contributed by atoms with van der Waals surface area (Å²) >= 11 is 6.11. The molecule has 1 aromatic heterocycles. The molecule has 1 atom stereocenters. The molecule has 0 aromatic carbocycles. The van der Waals surface area contributed by atoms with Gasteiger partial charge in [0.1, 0.15) is 11.4 Å². The Balaban J connectivity index is 1.86. The molecular weight excluding hydrogens is 332 g/mol. The summed E-state index contributed by atoms with van der Waals surface area (Å²) in [5, 5.41) is 0.202. The fraction of sp³-hybridized carbons (Fsp3) is 0.688. The highest BCUT2D eigenvalue weighted by molar-refractivity contribution is 6.28. The number of carbonyl (C=O) groups is 1. The zero-order valence-electron chi connectivity index (χ0n) is 14.5. The summed E-state index contributed by atoms with van der Waals surface area (Å²) in [6.45, 7) is 10.5. The molecule has 3 heterocycles. The van der Waals surface area contributed by atoms with E-state index in [1.165, 1.54) is 0 Å². The van der Waals surface area contributed by atoms with E-state index in [1.54, 1.807) is 4.90 Å². The summed E-state index contributed by atoms with van der Waals surface area (Å²) in [5.41, 5.74) is 1.20. The Hall–Kier alpha value is -1.60. The van der Waals surface area contributed by atoms with Crippen LogP contribution in [-0.4, -0.2) is 52.4 Å². The molecular formula is C16H23ClN4O3. The van der Waals surface area contributed by atoms with E-state index >= 15 is 0 Å². The number of rotatable bonds is 1. The van der Waals surface area contributed by atoms with Crippen molar-refractivity contribution in [2.75, 3.05) is 24.7 Å². The van der Waals surface area contributed by atoms with Crippen LogP contribution in [0.3, 0.4) is 0 Å². The minimum atomic E-state index is -0.531. The van der Waals surface area contributed by atoms with Crippen molar-refractivity contribution in [1.29, 1.82) is 0 Å². The molecule has 2 aliphatic heterocycles. The second-order valence-corrected chi connectivity index (χ2v) is 7.53. The summed E-state index contributed by atoms with van der Waals surface area (Å²) < 4.78 is 11.0. The van der Waals surface area contributed by atoms with E-state index in [0.717, 1.165) is 23.6 Å². The Kier molecular flexibility index (Phi) is 4.57. The van der Waals surface area contributed by atoms with Crippen molar-refractivity contribution in [2.45, 2.75) is 52.4 Å². The van der Waals surface area contributed by atoms with Crippen LogP contribution < -0.4 is 4.90 Å². The highest BCUT2D eigenvalue weighted by Crippen LogP contribution is 2.32. The molecule has 132 valence electrons. The molecule has 0 bridgehead atoms. The minimum absolute atomic E-state index is 0.199. The summed E-state index contributed by atoms with van der Waals surface area (Å²) in [5.74, 6) is 0.798. The van der Waals surface area contributed by atoms with Crippen LogP contribution in [0.1, 0.15) is 39.0 Å². The topological polar surface area (TPSA) is 67.8 Å². The van der Waals surface area contributed by atoms with Crippen LogP contribution >= 0.6 is 11.6 Å². The number of morpholine rings is 1. The minimum Gasteiger partial charge on any atom is -0.444 e. The third-order valence-corrected chi connectivity index (χ3v) is 4.19. The SMILES string of the molecule is CC1COCCN1c1nc(Cl)nc2c1CN(C(=O)OC(C)(C)C)C2. The lowest BCUT2D eigenvalue weighted by Crippen LogP contribution is -2.44. The Morgan fingerprint density at radius 1 is 1.33 bits per heavy atom. The first kappa shape index (κ1) is 17.2. The zero-order valence-corrected chi connectivity index (χ0v) is 15.3. The number of amides is 1. The van der Waals surface area contributed by atoms with Gasteiger partial charge in [-0.1, -0.05) is 0 Å². The van der Waals surface area contributed by atoms with E-state index < -0.39 is 5.60 Å². The number of fused-ring (bicyclic) bond motifs is 1. The Morgan fingerprint density at radius 3 is 2.75 bits per heavy atom. The van der Waals surface area contributed by atoms with E-state index in [-0.39, 0.29) is 17.4 Å². The molecule has 3 rings (SSSR count). The van der Waals surface area contributed by atoms with Crippen LogP contribution in [0.5, 0.6) is 0 Å². The molecule has 0 aliphatic carbocycles. The summed E-state index contributed by atoms with van der Waals surface area (Å²) in [7, 11) is 0. The van der Waals surface area contributed by atoms with Crippen LogP contribution in [0.25, 0.3) is 0 Å². The van der Waals surface area contributed by atoms with Crippen LogP contribution in [0.2, 0.25) is 5.28 Å². The second-order valence-electron chi connectivity index (χ2n) is 7.20. The maximum atomic E-state index is 12.4. The smallest absolute Gasteiger partial charge is 0.410 e. The van der Waals surface area contributed by atoms with Gasteiger partial charge in [-0.3, -0.25) is 4.90 Å². The predicted molar refractivity (Wildman–Crippen MR) is 90.2 cm³/mol. The Morgan fingerprint density at radius 2 is 2.08 bits per heavy atom. The standard InChI is InChI=1S/C16H23ClN4O3/c1-10-9-23-6-5-21(10)13-11-7-20(15(22)24-16(2,3)4)8-12(11)18-14(17)19-13/h10H,5-9H2,1-4H3. The Bertz CT molecular complexity index is 647. The lowest BCUT2D eigenvalue weighted by atomic mass is 10.2. The molecule has 0 N–H and O–H groups in total. The molecule has 0 saturated carbocycles. The third-order valence-electron chi connectivity index (χ3n) is 4.02. The first-order valence-electron chi connectivity index (χ1n) is 8.12. The molecule has 8 heteroatoms. The number of hydrogen-bond acceptors (Lipinski definition) is 6. The highest BCUT2D eigenvalue weighted by atomic mass is 35.5. The second kappa shape index (κ2) is 6.37. The molecule has 0 spiro atoms. The molecule has 1 fully saturated rings. The van der Waals surface area contributed by atoms with Crippen LogP contribution in [0.4, 0.5) is 10.6 Å². The van der Waals surface area contributed by atoms with E-state index in [0.29, 0.717) is 26.3 Å². The fourth-order valence-corrected chi connectivity index (χ4v) is 3.13. The number of nitrogens with zero attached hydrogens (tertiary/aromatic N) is 4. The van der Waals surface area contributed by atoms with Gasteiger partial charge in [0.05, 0.1) is 38.0 Å². The summed E-state index contributed by atoms with van der Waals surface area (Å²) in [6.07, 6.45) is -0.349. The van der Waals surface area contributed by atoms with E-state index in [1.807, 2.05) is 20.8 Å². The number of halogens is 1. The van der Waals surface area contributed by atoms with Gasteiger partial charge < -0.3 is 14.4 Å². The van der Waals surface area contributed by atoms with Crippen molar-refractivity contribution >= 4 is 23.5 Å². The fourth-order valence-electron chi connectivity index (χ4n) is 2.94. The van der Waals surface area contributed by atoms with Gasteiger partial charge >= 0.3 is 6.09 Å². The maximum absolute atomic E-state index is 12.4. The number of hydrogen-bond donors (Lipinski definition) is 0. The lowest BCUT2D eigenvalue weighted by Gasteiger charge is -2.35. The van der Waals surface area contributed by atoms with E-state index in [9.17, 15) is 4.79 Å². The van der Waals surface area contributed by atoms with Crippen molar-refractivity contribution in [1.82, 2.24) is 14.9 Å².